The van der Waals surface area contributed by atoms with Gasteiger partial charge in [-0.25, -0.2) is 12.7 Å². The molecule has 0 amide bonds. The van der Waals surface area contributed by atoms with E-state index in [0.717, 1.165) is 6.07 Å². The van der Waals surface area contributed by atoms with E-state index in [1.807, 2.05) is 4.90 Å². The lowest BCUT2D eigenvalue weighted by Crippen LogP contribution is -2.45. The molecule has 1 unspecified atom stereocenters. The Morgan fingerprint density at radius 3 is 2.50 bits per heavy atom. The number of halogens is 3. The predicted molar refractivity (Wildman–Crippen MR) is 106 cm³/mol. The molecule has 2 saturated heterocycles. The van der Waals surface area contributed by atoms with Crippen molar-refractivity contribution in [3.8, 4) is 6.07 Å². The Balaban J connectivity index is 1.80. The summed E-state index contributed by atoms with van der Waals surface area (Å²) in [4.78, 5) is 1.88. The van der Waals surface area contributed by atoms with Gasteiger partial charge in [0.1, 0.15) is 0 Å². The van der Waals surface area contributed by atoms with E-state index in [4.69, 9.17) is 10.00 Å². The Morgan fingerprint density at radius 1 is 1.30 bits per heavy atom. The number of benzene rings is 1. The zero-order chi connectivity index (χ0) is 22.2. The minimum Gasteiger partial charge on any atom is -0.384 e. The summed E-state index contributed by atoms with van der Waals surface area (Å²) in [6, 6.07) is 5.39. The third kappa shape index (κ3) is 4.29. The van der Waals surface area contributed by atoms with E-state index in [1.54, 1.807) is 26.2 Å². The van der Waals surface area contributed by atoms with Crippen LogP contribution in [0, 0.1) is 22.7 Å². The highest BCUT2D eigenvalue weighted by Gasteiger charge is 2.50. The second-order valence-corrected chi connectivity index (χ2v) is 10.3. The fourth-order valence-electron chi connectivity index (χ4n) is 4.65. The highest BCUT2D eigenvalue weighted by molar-refractivity contribution is 7.89. The van der Waals surface area contributed by atoms with Gasteiger partial charge in [-0.15, -0.1) is 0 Å². The van der Waals surface area contributed by atoms with Crippen molar-refractivity contribution in [1.82, 2.24) is 4.31 Å². The van der Waals surface area contributed by atoms with Gasteiger partial charge in [-0.2, -0.15) is 18.4 Å². The number of rotatable bonds is 5. The van der Waals surface area contributed by atoms with Crippen molar-refractivity contribution in [1.29, 1.82) is 5.26 Å². The number of piperidine rings is 1. The van der Waals surface area contributed by atoms with Gasteiger partial charge in [0.2, 0.25) is 10.0 Å². The first-order chi connectivity index (χ1) is 14.1. The van der Waals surface area contributed by atoms with E-state index in [0.29, 0.717) is 51.3 Å². The summed E-state index contributed by atoms with van der Waals surface area (Å²) in [5.74, 6) is 0.0954. The van der Waals surface area contributed by atoms with Gasteiger partial charge in [0.15, 0.2) is 0 Å². The highest BCUT2D eigenvalue weighted by atomic mass is 32.2. The Kier molecular flexibility index (Phi) is 6.37. The van der Waals surface area contributed by atoms with Crippen LogP contribution in [0.3, 0.4) is 0 Å². The standard InChI is InChI=1S/C20H26F3N3O3S/c1-3-30(27,28)26-12-16(13-29-2)19(14-26)6-8-25(9-7-19)17-5-4-15(11-24)18(10-17)20(21,22)23/h4-5,10,16H,3,6-9,12-14H2,1-2H3. The van der Waals surface area contributed by atoms with Gasteiger partial charge in [-0.1, -0.05) is 0 Å². The van der Waals surface area contributed by atoms with Crippen LogP contribution in [-0.4, -0.2) is 58.4 Å². The van der Waals surface area contributed by atoms with Gasteiger partial charge < -0.3 is 9.64 Å². The van der Waals surface area contributed by atoms with Crippen LogP contribution >= 0.6 is 0 Å². The Labute approximate surface area is 175 Å². The molecule has 1 spiro atoms. The first-order valence-corrected chi connectivity index (χ1v) is 11.5. The number of anilines is 1. The molecule has 2 fully saturated rings. The smallest absolute Gasteiger partial charge is 0.384 e. The van der Waals surface area contributed by atoms with Crippen molar-refractivity contribution in [2.45, 2.75) is 25.9 Å². The van der Waals surface area contributed by atoms with Crippen LogP contribution in [0.5, 0.6) is 0 Å². The molecule has 6 nitrogen and oxygen atoms in total. The summed E-state index contributed by atoms with van der Waals surface area (Å²) in [6.07, 6.45) is -3.27. The Bertz CT molecular complexity index is 919. The van der Waals surface area contributed by atoms with Crippen LogP contribution in [0.2, 0.25) is 0 Å². The lowest BCUT2D eigenvalue weighted by atomic mass is 9.71. The Hall–Kier alpha value is -1.83. The molecule has 0 bridgehead atoms. The van der Waals surface area contributed by atoms with Crippen LogP contribution < -0.4 is 4.90 Å². The van der Waals surface area contributed by atoms with Gasteiger partial charge in [0.05, 0.1) is 29.6 Å². The molecule has 3 rings (SSSR count). The van der Waals surface area contributed by atoms with Crippen LogP contribution in [0.15, 0.2) is 18.2 Å². The summed E-state index contributed by atoms with van der Waals surface area (Å²) in [7, 11) is -1.72. The number of sulfonamides is 1. The molecule has 0 aliphatic carbocycles. The van der Waals surface area contributed by atoms with Crippen LogP contribution in [0.4, 0.5) is 18.9 Å². The first kappa shape index (κ1) is 22.8. The predicted octanol–water partition coefficient (Wildman–Crippen LogP) is 3.09. The number of methoxy groups -OCH3 is 1. The molecule has 2 heterocycles. The summed E-state index contributed by atoms with van der Waals surface area (Å²) in [6.45, 7) is 3.94. The molecule has 0 aromatic heterocycles. The summed E-state index contributed by atoms with van der Waals surface area (Å²) >= 11 is 0. The van der Waals surface area contributed by atoms with E-state index in [1.165, 1.54) is 10.4 Å². The van der Waals surface area contributed by atoms with Crippen molar-refractivity contribution in [2.24, 2.45) is 11.3 Å². The molecule has 2 aliphatic rings. The topological polar surface area (TPSA) is 73.6 Å². The quantitative estimate of drug-likeness (QED) is 0.697. The van der Waals surface area contributed by atoms with Crippen molar-refractivity contribution >= 4 is 15.7 Å². The molecule has 0 saturated carbocycles. The molecule has 10 heteroatoms. The second-order valence-electron chi connectivity index (χ2n) is 8.03. The van der Waals surface area contributed by atoms with E-state index in [2.05, 4.69) is 0 Å². The zero-order valence-corrected chi connectivity index (χ0v) is 17.9. The molecule has 1 atom stereocenters. The number of nitrogens with zero attached hydrogens (tertiary/aromatic N) is 3. The normalized spacial score (nSPS) is 22.4. The average molecular weight is 446 g/mol. The van der Waals surface area contributed by atoms with Gasteiger partial charge in [-0.3, -0.25) is 0 Å². The van der Waals surface area contributed by atoms with Crippen molar-refractivity contribution in [3.63, 3.8) is 0 Å². The molecule has 2 aliphatic heterocycles. The Morgan fingerprint density at radius 2 is 1.97 bits per heavy atom. The van der Waals surface area contributed by atoms with Gasteiger partial charge >= 0.3 is 6.18 Å². The maximum atomic E-state index is 13.3. The maximum absolute atomic E-state index is 13.3. The molecule has 166 valence electrons. The van der Waals surface area contributed by atoms with Crippen molar-refractivity contribution < 1.29 is 26.3 Å². The monoisotopic (exact) mass is 445 g/mol. The summed E-state index contributed by atoms with van der Waals surface area (Å²) in [5.41, 5.74) is -1.14. The third-order valence-electron chi connectivity index (χ3n) is 6.46. The fourth-order valence-corrected chi connectivity index (χ4v) is 5.87. The van der Waals surface area contributed by atoms with Crippen LogP contribution in [0.25, 0.3) is 0 Å². The lowest BCUT2D eigenvalue weighted by molar-refractivity contribution is -0.137. The van der Waals surface area contributed by atoms with Gasteiger partial charge in [0.25, 0.3) is 0 Å². The largest absolute Gasteiger partial charge is 0.417 e. The lowest BCUT2D eigenvalue weighted by Gasteiger charge is -2.43. The maximum Gasteiger partial charge on any atom is 0.417 e. The number of hydrogen-bond donors (Lipinski definition) is 0. The SMILES string of the molecule is CCS(=O)(=O)N1CC(COC)C2(CCN(c3ccc(C#N)c(C(F)(F)F)c3)CC2)C1. The van der Waals surface area contributed by atoms with E-state index >= 15 is 0 Å². The van der Waals surface area contributed by atoms with E-state index in [9.17, 15) is 21.6 Å². The molecule has 1 aromatic rings. The molecule has 0 radical (unpaired) electrons. The first-order valence-electron chi connectivity index (χ1n) is 9.89. The van der Waals surface area contributed by atoms with Gasteiger partial charge in [-0.05, 0) is 43.4 Å². The van der Waals surface area contributed by atoms with E-state index in [-0.39, 0.29) is 17.1 Å². The number of nitriles is 1. The van der Waals surface area contributed by atoms with Crippen LogP contribution in [-0.2, 0) is 20.9 Å². The minimum atomic E-state index is -4.60. The number of hydrogen-bond acceptors (Lipinski definition) is 5. The minimum absolute atomic E-state index is 0.0420. The van der Waals surface area contributed by atoms with Crippen molar-refractivity contribution in [3.05, 3.63) is 29.3 Å². The van der Waals surface area contributed by atoms with Gasteiger partial charge in [0, 0.05) is 44.9 Å². The van der Waals surface area contributed by atoms with Crippen molar-refractivity contribution in [2.75, 3.05) is 50.5 Å². The highest BCUT2D eigenvalue weighted by Crippen LogP contribution is 2.46. The third-order valence-corrected chi connectivity index (χ3v) is 8.26. The number of ether oxygens (including phenoxy) is 1. The van der Waals surface area contributed by atoms with Crippen LogP contribution in [0.1, 0.15) is 30.9 Å². The summed E-state index contributed by atoms with van der Waals surface area (Å²) in [5, 5.41) is 8.98. The molecule has 30 heavy (non-hydrogen) atoms. The summed E-state index contributed by atoms with van der Waals surface area (Å²) < 4.78 is 71.6. The zero-order valence-electron chi connectivity index (χ0n) is 17.1. The molecule has 1 aromatic carbocycles. The molecular formula is C20H26F3N3O3S. The molecular weight excluding hydrogens is 419 g/mol. The molecule has 0 N–H and O–H groups in total. The van der Waals surface area contributed by atoms with E-state index < -0.39 is 27.3 Å². The fraction of sp³-hybridized carbons (Fsp3) is 0.650. The second kappa shape index (κ2) is 8.36. The average Bonchev–Trinajstić information content (AvgIpc) is 3.06. The number of alkyl halides is 3.